The summed E-state index contributed by atoms with van der Waals surface area (Å²) in [5.74, 6) is -0.234. The number of hydrogen-bond acceptors (Lipinski definition) is 6. The van der Waals surface area contributed by atoms with E-state index >= 15 is 0 Å². The van der Waals surface area contributed by atoms with Crippen molar-refractivity contribution in [2.24, 2.45) is 0 Å². The highest BCUT2D eigenvalue weighted by atomic mass is 32.1. The number of amides is 1. The third kappa shape index (κ3) is 3.51. The Labute approximate surface area is 165 Å². The van der Waals surface area contributed by atoms with Gasteiger partial charge in [-0.2, -0.15) is 5.10 Å². The highest BCUT2D eigenvalue weighted by molar-refractivity contribution is 7.22. The van der Waals surface area contributed by atoms with Gasteiger partial charge in [0, 0.05) is 22.7 Å². The zero-order chi connectivity index (χ0) is 19.7. The number of fused-ring (bicyclic) bond motifs is 1. The third-order valence-corrected chi connectivity index (χ3v) is 5.47. The molecule has 4 rings (SSSR count). The summed E-state index contributed by atoms with van der Waals surface area (Å²) in [4.78, 5) is 22.3. The number of carbonyl (C=O) groups is 1. The second-order valence-electron chi connectivity index (χ2n) is 7.10. The van der Waals surface area contributed by atoms with E-state index in [2.05, 4.69) is 25.5 Å². The molecule has 4 aromatic rings. The molecule has 0 fully saturated rings. The maximum atomic E-state index is 12.5. The van der Waals surface area contributed by atoms with Crippen molar-refractivity contribution in [3.8, 4) is 11.3 Å². The predicted molar refractivity (Wildman–Crippen MR) is 110 cm³/mol. The summed E-state index contributed by atoms with van der Waals surface area (Å²) < 4.78 is 0. The molecule has 0 radical (unpaired) electrons. The predicted octanol–water partition coefficient (Wildman–Crippen LogP) is 3.60. The first kappa shape index (κ1) is 18.3. The molecule has 1 aromatic carbocycles. The summed E-state index contributed by atoms with van der Waals surface area (Å²) >= 11 is 1.32. The molecule has 0 atom stereocenters. The zero-order valence-corrected chi connectivity index (χ0v) is 16.2. The number of nitrogens with zero attached hydrogens (tertiary/aromatic N) is 3. The lowest BCUT2D eigenvalue weighted by atomic mass is 9.85. The molecule has 8 heteroatoms. The summed E-state index contributed by atoms with van der Waals surface area (Å²) in [6.45, 7) is 3.94. The molecule has 7 nitrogen and oxygen atoms in total. The fraction of sp³-hybridized carbons (Fsp3) is 0.200. The van der Waals surface area contributed by atoms with Crippen LogP contribution in [0.3, 0.4) is 0 Å². The average Bonchev–Trinajstić information content (AvgIpc) is 3.37. The zero-order valence-electron chi connectivity index (χ0n) is 15.4. The van der Waals surface area contributed by atoms with E-state index in [1.54, 1.807) is 24.5 Å². The van der Waals surface area contributed by atoms with Gasteiger partial charge in [-0.25, -0.2) is 9.97 Å². The number of pyridine rings is 1. The van der Waals surface area contributed by atoms with Gasteiger partial charge in [0.25, 0.3) is 5.91 Å². The van der Waals surface area contributed by atoms with Crippen molar-refractivity contribution in [3.05, 3.63) is 59.9 Å². The van der Waals surface area contributed by atoms with E-state index in [-0.39, 0.29) is 17.9 Å². The van der Waals surface area contributed by atoms with Crippen LogP contribution in [0.25, 0.3) is 21.6 Å². The highest BCUT2D eigenvalue weighted by Gasteiger charge is 2.20. The second-order valence-corrected chi connectivity index (χ2v) is 8.08. The number of anilines is 1. The van der Waals surface area contributed by atoms with Crippen molar-refractivity contribution in [1.82, 2.24) is 20.2 Å². The molecule has 3 N–H and O–H groups in total. The maximum Gasteiger partial charge on any atom is 0.257 e. The Morgan fingerprint density at radius 1 is 1.18 bits per heavy atom. The monoisotopic (exact) mass is 393 g/mol. The minimum atomic E-state index is -0.347. The van der Waals surface area contributed by atoms with Crippen LogP contribution in [-0.4, -0.2) is 37.8 Å². The molecule has 0 aliphatic carbocycles. The lowest BCUT2D eigenvalue weighted by Gasteiger charge is -2.22. The van der Waals surface area contributed by atoms with E-state index in [0.29, 0.717) is 10.7 Å². The number of rotatable bonds is 5. The van der Waals surface area contributed by atoms with Crippen LogP contribution in [0.1, 0.15) is 29.8 Å². The molecular weight excluding hydrogens is 374 g/mol. The SMILES string of the molecule is CC(C)(CO)c1ccc(C(=O)Nc2nc3ccc(-c4cn[nH]c4)nc3s2)cc1. The molecule has 0 aliphatic heterocycles. The first-order valence-electron chi connectivity index (χ1n) is 8.76. The van der Waals surface area contributed by atoms with E-state index in [1.165, 1.54) is 11.3 Å². The topological polar surface area (TPSA) is 104 Å². The number of H-pyrrole nitrogens is 1. The quantitative estimate of drug-likeness (QED) is 0.481. The Hall–Kier alpha value is -3.10. The van der Waals surface area contributed by atoms with Crippen LogP contribution in [0.4, 0.5) is 5.13 Å². The molecule has 0 saturated heterocycles. The second kappa shape index (κ2) is 7.14. The first-order chi connectivity index (χ1) is 13.5. The molecular formula is C20H19N5O2S. The molecule has 3 heterocycles. The van der Waals surface area contributed by atoms with E-state index < -0.39 is 0 Å². The number of aromatic nitrogens is 4. The molecule has 28 heavy (non-hydrogen) atoms. The first-order valence-corrected chi connectivity index (χ1v) is 9.57. The maximum absolute atomic E-state index is 12.5. The summed E-state index contributed by atoms with van der Waals surface area (Å²) in [5, 5.41) is 19.5. The van der Waals surface area contributed by atoms with Gasteiger partial charge in [-0.3, -0.25) is 15.2 Å². The Morgan fingerprint density at radius 2 is 1.96 bits per heavy atom. The minimum Gasteiger partial charge on any atom is -0.395 e. The smallest absolute Gasteiger partial charge is 0.257 e. The molecule has 3 aromatic heterocycles. The van der Waals surface area contributed by atoms with E-state index in [1.807, 2.05) is 38.1 Å². The van der Waals surface area contributed by atoms with Gasteiger partial charge in [-0.15, -0.1) is 0 Å². The van der Waals surface area contributed by atoms with Crippen LogP contribution < -0.4 is 5.32 Å². The standard InChI is InChI=1S/C20H19N5O2S/c1-20(2,11-26)14-5-3-12(4-6-14)17(27)25-19-24-16-8-7-15(23-18(16)28-19)13-9-21-22-10-13/h3-10,26H,11H2,1-2H3,(H,21,22)(H,24,25,27). The molecule has 0 aliphatic rings. The van der Waals surface area contributed by atoms with Crippen LogP contribution >= 0.6 is 11.3 Å². The fourth-order valence-corrected chi connectivity index (χ4v) is 3.59. The largest absolute Gasteiger partial charge is 0.395 e. The number of benzene rings is 1. The Kier molecular flexibility index (Phi) is 4.66. The third-order valence-electron chi connectivity index (χ3n) is 4.59. The number of hydrogen-bond donors (Lipinski definition) is 3. The van der Waals surface area contributed by atoms with Gasteiger partial charge >= 0.3 is 0 Å². The van der Waals surface area contributed by atoms with Crippen molar-refractivity contribution < 1.29 is 9.90 Å². The number of nitrogens with one attached hydrogen (secondary N) is 2. The van der Waals surface area contributed by atoms with E-state index in [0.717, 1.165) is 27.2 Å². The Morgan fingerprint density at radius 3 is 2.64 bits per heavy atom. The van der Waals surface area contributed by atoms with Crippen LogP contribution in [0.5, 0.6) is 0 Å². The van der Waals surface area contributed by atoms with E-state index in [4.69, 9.17) is 0 Å². The van der Waals surface area contributed by atoms with Crippen molar-refractivity contribution in [2.45, 2.75) is 19.3 Å². The van der Waals surface area contributed by atoms with Crippen LogP contribution in [-0.2, 0) is 5.41 Å². The lowest BCUT2D eigenvalue weighted by Crippen LogP contribution is -2.22. The van der Waals surface area contributed by atoms with Gasteiger partial charge in [-0.05, 0) is 29.8 Å². The Bertz CT molecular complexity index is 1120. The van der Waals surface area contributed by atoms with Crippen LogP contribution in [0.15, 0.2) is 48.8 Å². The van der Waals surface area contributed by atoms with Gasteiger partial charge in [-0.1, -0.05) is 37.3 Å². The van der Waals surface area contributed by atoms with Gasteiger partial charge < -0.3 is 5.11 Å². The fourth-order valence-electron chi connectivity index (χ4n) is 2.76. The number of carbonyl (C=O) groups excluding carboxylic acids is 1. The Balaban J connectivity index is 1.53. The number of thiazole rings is 1. The van der Waals surface area contributed by atoms with Crippen LogP contribution in [0.2, 0.25) is 0 Å². The molecule has 142 valence electrons. The summed E-state index contributed by atoms with van der Waals surface area (Å²) in [5.41, 5.74) is 3.58. The molecule has 0 spiro atoms. The summed E-state index contributed by atoms with van der Waals surface area (Å²) in [6.07, 6.45) is 3.49. The normalized spacial score (nSPS) is 11.7. The van der Waals surface area contributed by atoms with Crippen molar-refractivity contribution in [1.29, 1.82) is 0 Å². The van der Waals surface area contributed by atoms with Crippen molar-refractivity contribution >= 4 is 32.7 Å². The van der Waals surface area contributed by atoms with Gasteiger partial charge in [0.2, 0.25) is 0 Å². The number of aliphatic hydroxyl groups is 1. The van der Waals surface area contributed by atoms with Crippen LogP contribution in [0, 0.1) is 0 Å². The minimum absolute atomic E-state index is 0.0397. The summed E-state index contributed by atoms with van der Waals surface area (Å²) in [7, 11) is 0. The summed E-state index contributed by atoms with van der Waals surface area (Å²) in [6, 6.07) is 11.0. The molecule has 0 unspecified atom stereocenters. The van der Waals surface area contributed by atoms with Gasteiger partial charge in [0.15, 0.2) is 5.13 Å². The lowest BCUT2D eigenvalue weighted by molar-refractivity contribution is 0.102. The van der Waals surface area contributed by atoms with Crippen molar-refractivity contribution in [3.63, 3.8) is 0 Å². The van der Waals surface area contributed by atoms with E-state index in [9.17, 15) is 9.90 Å². The highest BCUT2D eigenvalue weighted by Crippen LogP contribution is 2.28. The van der Waals surface area contributed by atoms with Gasteiger partial charge in [0.1, 0.15) is 10.3 Å². The molecule has 0 bridgehead atoms. The number of aliphatic hydroxyl groups excluding tert-OH is 1. The van der Waals surface area contributed by atoms with Crippen molar-refractivity contribution in [2.75, 3.05) is 11.9 Å². The number of aromatic amines is 1. The molecule has 0 saturated carbocycles. The van der Waals surface area contributed by atoms with Gasteiger partial charge in [0.05, 0.1) is 18.5 Å². The average molecular weight is 393 g/mol. The molecule has 1 amide bonds.